The lowest BCUT2D eigenvalue weighted by atomic mass is 9.87. The van der Waals surface area contributed by atoms with Crippen LogP contribution in [-0.4, -0.2) is 12.6 Å². The normalized spacial score (nSPS) is 12.8. The maximum absolute atomic E-state index is 6.16. The van der Waals surface area contributed by atoms with Gasteiger partial charge in [-0.1, -0.05) is 67.7 Å². The molecule has 0 spiro atoms. The minimum absolute atomic E-state index is 0.0315. The van der Waals surface area contributed by atoms with Crippen molar-refractivity contribution >= 4 is 40.5 Å². The summed E-state index contributed by atoms with van der Waals surface area (Å²) in [6.45, 7) is 9.16. The number of anilines is 1. The van der Waals surface area contributed by atoms with Crippen molar-refractivity contribution in [1.29, 1.82) is 0 Å². The second-order valence-corrected chi connectivity index (χ2v) is 8.05. The quantitative estimate of drug-likeness (QED) is 0.569. The smallest absolute Gasteiger partial charge is 0.119 e. The first-order valence-corrected chi connectivity index (χ1v) is 8.96. The molecule has 2 nitrogen and oxygen atoms in total. The summed E-state index contributed by atoms with van der Waals surface area (Å²) in [5, 5.41) is 4.68. The monoisotopic (exact) mass is 385 g/mol. The fourth-order valence-electron chi connectivity index (χ4n) is 2.22. The van der Waals surface area contributed by atoms with E-state index in [4.69, 9.17) is 39.5 Å². The SMILES string of the molecule is CC(CNc1cc(Cl)c(Cl)cc1Cl)Oc1ccc(C(C)(C)C)cc1. The third kappa shape index (κ3) is 5.20. The van der Waals surface area contributed by atoms with Crippen molar-refractivity contribution in [1.82, 2.24) is 0 Å². The van der Waals surface area contributed by atoms with E-state index in [9.17, 15) is 0 Å². The van der Waals surface area contributed by atoms with Crippen molar-refractivity contribution in [3.05, 3.63) is 57.0 Å². The molecular weight excluding hydrogens is 365 g/mol. The number of nitrogens with one attached hydrogen (secondary N) is 1. The van der Waals surface area contributed by atoms with Gasteiger partial charge in [-0.25, -0.2) is 0 Å². The Kier molecular flexibility index (Phi) is 6.30. The summed E-state index contributed by atoms with van der Waals surface area (Å²) in [6.07, 6.45) is -0.0315. The summed E-state index contributed by atoms with van der Waals surface area (Å²) in [7, 11) is 0. The van der Waals surface area contributed by atoms with Gasteiger partial charge in [-0.05, 0) is 42.2 Å². The van der Waals surface area contributed by atoms with E-state index in [-0.39, 0.29) is 11.5 Å². The van der Waals surface area contributed by atoms with E-state index in [2.05, 4.69) is 38.2 Å². The molecule has 0 aliphatic carbocycles. The highest BCUT2D eigenvalue weighted by atomic mass is 35.5. The lowest BCUT2D eigenvalue weighted by Crippen LogP contribution is -2.23. The Morgan fingerprint density at radius 3 is 2.12 bits per heavy atom. The number of benzene rings is 2. The molecule has 2 aromatic carbocycles. The average Bonchev–Trinajstić information content (AvgIpc) is 2.49. The van der Waals surface area contributed by atoms with Crippen molar-refractivity contribution < 1.29 is 4.74 Å². The van der Waals surface area contributed by atoms with Gasteiger partial charge in [-0.15, -0.1) is 0 Å². The molecule has 0 fully saturated rings. The van der Waals surface area contributed by atoms with Crippen LogP contribution in [-0.2, 0) is 5.41 Å². The number of ether oxygens (including phenoxy) is 1. The largest absolute Gasteiger partial charge is 0.489 e. The molecule has 0 saturated heterocycles. The topological polar surface area (TPSA) is 21.3 Å². The first kappa shape index (κ1) is 19.2. The molecule has 0 aliphatic heterocycles. The Morgan fingerprint density at radius 2 is 1.54 bits per heavy atom. The van der Waals surface area contributed by atoms with Gasteiger partial charge in [0.1, 0.15) is 11.9 Å². The Labute approximate surface area is 159 Å². The third-order valence-electron chi connectivity index (χ3n) is 3.65. The zero-order chi connectivity index (χ0) is 17.9. The van der Waals surface area contributed by atoms with Gasteiger partial charge in [0.25, 0.3) is 0 Å². The lowest BCUT2D eigenvalue weighted by Gasteiger charge is -2.20. The van der Waals surface area contributed by atoms with E-state index in [1.54, 1.807) is 12.1 Å². The number of hydrogen-bond acceptors (Lipinski definition) is 2. The molecule has 130 valence electrons. The van der Waals surface area contributed by atoms with Crippen LogP contribution in [0.4, 0.5) is 5.69 Å². The van der Waals surface area contributed by atoms with E-state index in [1.807, 2.05) is 19.1 Å². The Balaban J connectivity index is 1.94. The molecular formula is C19H22Cl3NO. The van der Waals surface area contributed by atoms with Gasteiger partial charge in [0.15, 0.2) is 0 Å². The molecule has 1 unspecified atom stereocenters. The summed E-state index contributed by atoms with van der Waals surface area (Å²) >= 11 is 18.1. The second kappa shape index (κ2) is 7.86. The second-order valence-electron chi connectivity index (χ2n) is 6.83. The standard InChI is InChI=1S/C19H22Cl3NO/c1-12(11-23-18-10-16(21)15(20)9-17(18)22)24-14-7-5-13(6-8-14)19(2,3)4/h5-10,12,23H,11H2,1-4H3. The fraction of sp³-hybridized carbons (Fsp3) is 0.368. The number of halogens is 3. The molecule has 24 heavy (non-hydrogen) atoms. The van der Waals surface area contributed by atoms with E-state index >= 15 is 0 Å². The molecule has 0 amide bonds. The van der Waals surface area contributed by atoms with Gasteiger partial charge < -0.3 is 10.1 Å². The van der Waals surface area contributed by atoms with Crippen molar-refractivity contribution in [2.45, 2.75) is 39.2 Å². The molecule has 1 N–H and O–H groups in total. The predicted molar refractivity (Wildman–Crippen MR) is 105 cm³/mol. The maximum Gasteiger partial charge on any atom is 0.119 e. The molecule has 0 saturated carbocycles. The van der Waals surface area contributed by atoms with Crippen LogP contribution in [0.1, 0.15) is 33.3 Å². The molecule has 0 heterocycles. The van der Waals surface area contributed by atoms with Crippen molar-refractivity contribution in [3.8, 4) is 5.75 Å². The third-order valence-corrected chi connectivity index (χ3v) is 4.68. The van der Waals surface area contributed by atoms with Crippen molar-refractivity contribution in [2.24, 2.45) is 0 Å². The van der Waals surface area contributed by atoms with Gasteiger partial charge in [0.05, 0.1) is 27.3 Å². The Hall–Kier alpha value is -1.09. The molecule has 0 aliphatic rings. The minimum Gasteiger partial charge on any atom is -0.489 e. The van der Waals surface area contributed by atoms with E-state index < -0.39 is 0 Å². The van der Waals surface area contributed by atoms with Crippen LogP contribution in [0.25, 0.3) is 0 Å². The van der Waals surface area contributed by atoms with Gasteiger partial charge in [0.2, 0.25) is 0 Å². The van der Waals surface area contributed by atoms with Gasteiger partial charge >= 0.3 is 0 Å². The molecule has 0 radical (unpaired) electrons. The van der Waals surface area contributed by atoms with Gasteiger partial charge in [-0.2, -0.15) is 0 Å². The highest BCUT2D eigenvalue weighted by Gasteiger charge is 2.14. The summed E-state index contributed by atoms with van der Waals surface area (Å²) in [5.74, 6) is 0.845. The summed E-state index contributed by atoms with van der Waals surface area (Å²) in [5.41, 5.74) is 2.16. The van der Waals surface area contributed by atoms with Crippen LogP contribution in [0.2, 0.25) is 15.1 Å². The van der Waals surface area contributed by atoms with Crippen LogP contribution >= 0.6 is 34.8 Å². The molecule has 0 aromatic heterocycles. The average molecular weight is 387 g/mol. The number of rotatable bonds is 5. The zero-order valence-corrected chi connectivity index (χ0v) is 16.6. The van der Waals surface area contributed by atoms with Crippen LogP contribution < -0.4 is 10.1 Å². The predicted octanol–water partition coefficient (Wildman–Crippen LogP) is 6.82. The molecule has 1 atom stereocenters. The van der Waals surface area contributed by atoms with Crippen LogP contribution in [0.15, 0.2) is 36.4 Å². The maximum atomic E-state index is 6.16. The minimum atomic E-state index is -0.0315. The van der Waals surface area contributed by atoms with Crippen LogP contribution in [0.3, 0.4) is 0 Å². The summed E-state index contributed by atoms with van der Waals surface area (Å²) < 4.78 is 5.93. The summed E-state index contributed by atoms with van der Waals surface area (Å²) in [6, 6.07) is 11.6. The van der Waals surface area contributed by atoms with Crippen LogP contribution in [0, 0.1) is 0 Å². The van der Waals surface area contributed by atoms with E-state index in [0.29, 0.717) is 21.6 Å². The molecule has 2 rings (SSSR count). The van der Waals surface area contributed by atoms with Crippen molar-refractivity contribution in [3.63, 3.8) is 0 Å². The molecule has 2 aromatic rings. The zero-order valence-electron chi connectivity index (χ0n) is 14.3. The lowest BCUT2D eigenvalue weighted by molar-refractivity contribution is 0.234. The highest BCUT2D eigenvalue weighted by molar-refractivity contribution is 6.44. The van der Waals surface area contributed by atoms with Crippen molar-refractivity contribution in [2.75, 3.05) is 11.9 Å². The van der Waals surface area contributed by atoms with E-state index in [0.717, 1.165) is 11.4 Å². The molecule has 0 bridgehead atoms. The number of hydrogen-bond donors (Lipinski definition) is 1. The fourth-order valence-corrected chi connectivity index (χ4v) is 2.83. The van der Waals surface area contributed by atoms with Crippen LogP contribution in [0.5, 0.6) is 5.75 Å². The van der Waals surface area contributed by atoms with Gasteiger partial charge in [0, 0.05) is 0 Å². The molecule has 5 heteroatoms. The van der Waals surface area contributed by atoms with E-state index in [1.165, 1.54) is 5.56 Å². The Morgan fingerprint density at radius 1 is 0.958 bits per heavy atom. The Bertz CT molecular complexity index is 693. The summed E-state index contributed by atoms with van der Waals surface area (Å²) in [4.78, 5) is 0. The van der Waals surface area contributed by atoms with Gasteiger partial charge in [-0.3, -0.25) is 0 Å². The first-order chi connectivity index (χ1) is 11.2. The highest BCUT2D eigenvalue weighted by Crippen LogP contribution is 2.32. The first-order valence-electron chi connectivity index (χ1n) is 7.82.